The molecule has 0 aliphatic carbocycles. The molecule has 2 aromatic rings. The number of rotatable bonds is 7. The van der Waals surface area contributed by atoms with Crippen molar-refractivity contribution in [2.24, 2.45) is 0 Å². The summed E-state index contributed by atoms with van der Waals surface area (Å²) in [5.41, 5.74) is 2.26. The van der Waals surface area contributed by atoms with Crippen LogP contribution in [-0.4, -0.2) is 36.5 Å². The van der Waals surface area contributed by atoms with Crippen molar-refractivity contribution in [1.29, 1.82) is 0 Å². The first-order chi connectivity index (χ1) is 11.4. The fourth-order valence-corrected chi connectivity index (χ4v) is 2.85. The van der Waals surface area contributed by atoms with Gasteiger partial charge in [0.2, 0.25) is 0 Å². The number of aliphatic hydroxyl groups excluding tert-OH is 1. The molecule has 0 aromatic heterocycles. The molecule has 3 atom stereocenters. The molecule has 0 radical (unpaired) electrons. The fraction of sp³-hybridized carbons (Fsp3) is 0.368. The number of ether oxygens (including phenoxy) is 2. The van der Waals surface area contributed by atoms with Crippen LogP contribution < -0.4 is 5.32 Å². The molecule has 2 aromatic carbocycles. The molecule has 0 saturated carbocycles. The van der Waals surface area contributed by atoms with Crippen molar-refractivity contribution in [3.63, 3.8) is 0 Å². The highest BCUT2D eigenvalue weighted by molar-refractivity contribution is 5.14. The van der Waals surface area contributed by atoms with Crippen molar-refractivity contribution in [2.45, 2.75) is 31.5 Å². The Morgan fingerprint density at radius 2 is 1.43 bits per heavy atom. The quantitative estimate of drug-likeness (QED) is 0.822. The second-order valence-corrected chi connectivity index (χ2v) is 5.79. The van der Waals surface area contributed by atoms with Crippen LogP contribution in [0, 0.1) is 0 Å². The number of hydrogen-bond acceptors (Lipinski definition) is 4. The van der Waals surface area contributed by atoms with Gasteiger partial charge in [0.05, 0.1) is 32.0 Å². The van der Waals surface area contributed by atoms with Gasteiger partial charge in [-0.05, 0) is 11.1 Å². The molecule has 0 spiro atoms. The van der Waals surface area contributed by atoms with E-state index >= 15 is 0 Å². The zero-order valence-electron chi connectivity index (χ0n) is 13.1. The molecule has 4 heteroatoms. The zero-order valence-corrected chi connectivity index (χ0v) is 13.1. The lowest BCUT2D eigenvalue weighted by Crippen LogP contribution is -2.39. The molecule has 1 aliphatic heterocycles. The van der Waals surface area contributed by atoms with E-state index in [4.69, 9.17) is 9.47 Å². The zero-order chi connectivity index (χ0) is 15.9. The summed E-state index contributed by atoms with van der Waals surface area (Å²) >= 11 is 0. The Morgan fingerprint density at radius 1 is 0.870 bits per heavy atom. The molecule has 1 heterocycles. The van der Waals surface area contributed by atoms with E-state index in [1.165, 1.54) is 0 Å². The summed E-state index contributed by atoms with van der Waals surface area (Å²) in [7, 11) is 0. The molecular weight excluding hydrogens is 290 g/mol. The lowest BCUT2D eigenvalue weighted by atomic mass is 10.1. The maximum atomic E-state index is 9.54. The van der Waals surface area contributed by atoms with Gasteiger partial charge in [0.1, 0.15) is 6.10 Å². The summed E-state index contributed by atoms with van der Waals surface area (Å²) in [6.07, 6.45) is -0.208. The van der Waals surface area contributed by atoms with Crippen LogP contribution in [0.15, 0.2) is 60.7 Å². The Labute approximate surface area is 137 Å². The first-order valence-corrected chi connectivity index (χ1v) is 8.02. The van der Waals surface area contributed by atoms with Crippen LogP contribution >= 0.6 is 0 Å². The molecule has 0 unspecified atom stereocenters. The molecule has 122 valence electrons. The van der Waals surface area contributed by atoms with Gasteiger partial charge in [-0.25, -0.2) is 0 Å². The SMILES string of the molecule is OC[C@H]1NC[C@@H](OCc2ccccc2)[C@@H]1OCc1ccccc1. The summed E-state index contributed by atoms with van der Waals surface area (Å²) in [6.45, 7) is 1.81. The van der Waals surface area contributed by atoms with Gasteiger partial charge < -0.3 is 19.9 Å². The van der Waals surface area contributed by atoms with E-state index in [-0.39, 0.29) is 24.9 Å². The average Bonchev–Trinajstić information content (AvgIpc) is 3.02. The van der Waals surface area contributed by atoms with Crippen LogP contribution in [0.2, 0.25) is 0 Å². The summed E-state index contributed by atoms with van der Waals surface area (Å²) in [4.78, 5) is 0. The van der Waals surface area contributed by atoms with Gasteiger partial charge in [0.15, 0.2) is 0 Å². The van der Waals surface area contributed by atoms with E-state index in [1.54, 1.807) is 0 Å². The maximum Gasteiger partial charge on any atom is 0.103 e. The summed E-state index contributed by atoms with van der Waals surface area (Å²) in [5, 5.41) is 12.8. The van der Waals surface area contributed by atoms with Gasteiger partial charge in [-0.15, -0.1) is 0 Å². The Kier molecular flexibility index (Phi) is 5.77. The number of benzene rings is 2. The van der Waals surface area contributed by atoms with E-state index in [0.29, 0.717) is 19.8 Å². The highest BCUT2D eigenvalue weighted by Gasteiger charge is 2.37. The third-order valence-electron chi connectivity index (χ3n) is 4.13. The Hall–Kier alpha value is -1.72. The summed E-state index contributed by atoms with van der Waals surface area (Å²) in [6, 6.07) is 20.1. The van der Waals surface area contributed by atoms with Crippen LogP contribution in [-0.2, 0) is 22.7 Å². The lowest BCUT2D eigenvalue weighted by molar-refractivity contribution is -0.0743. The molecule has 23 heavy (non-hydrogen) atoms. The molecule has 0 amide bonds. The fourth-order valence-electron chi connectivity index (χ4n) is 2.85. The second-order valence-electron chi connectivity index (χ2n) is 5.79. The van der Waals surface area contributed by atoms with Gasteiger partial charge >= 0.3 is 0 Å². The standard InChI is InChI=1S/C19H23NO3/c21-12-17-19(23-14-16-9-5-2-6-10-16)18(11-20-17)22-13-15-7-3-1-4-8-15/h1-10,17-21H,11-14H2/t17-,18-,19-/m1/s1. The van der Waals surface area contributed by atoms with Crippen molar-refractivity contribution >= 4 is 0 Å². The van der Waals surface area contributed by atoms with E-state index in [9.17, 15) is 5.11 Å². The third kappa shape index (κ3) is 4.39. The largest absolute Gasteiger partial charge is 0.395 e. The van der Waals surface area contributed by atoms with Gasteiger partial charge in [-0.3, -0.25) is 0 Å². The van der Waals surface area contributed by atoms with Crippen LogP contribution in [0.5, 0.6) is 0 Å². The Bertz CT molecular complexity index is 576. The van der Waals surface area contributed by atoms with Gasteiger partial charge in [0.25, 0.3) is 0 Å². The van der Waals surface area contributed by atoms with E-state index in [0.717, 1.165) is 11.1 Å². The normalized spacial score (nSPS) is 24.0. The highest BCUT2D eigenvalue weighted by atomic mass is 16.5. The number of aliphatic hydroxyl groups is 1. The van der Waals surface area contributed by atoms with Crippen molar-refractivity contribution in [2.75, 3.05) is 13.2 Å². The van der Waals surface area contributed by atoms with Crippen molar-refractivity contribution in [3.05, 3.63) is 71.8 Å². The van der Waals surface area contributed by atoms with Crippen LogP contribution in [0.25, 0.3) is 0 Å². The highest BCUT2D eigenvalue weighted by Crippen LogP contribution is 2.19. The predicted molar refractivity (Wildman–Crippen MR) is 88.9 cm³/mol. The first-order valence-electron chi connectivity index (χ1n) is 8.02. The minimum absolute atomic E-state index is 0.0463. The minimum Gasteiger partial charge on any atom is -0.395 e. The monoisotopic (exact) mass is 313 g/mol. The van der Waals surface area contributed by atoms with Crippen molar-refractivity contribution in [3.8, 4) is 0 Å². The molecule has 0 bridgehead atoms. The molecule has 1 saturated heterocycles. The van der Waals surface area contributed by atoms with E-state index < -0.39 is 0 Å². The third-order valence-corrected chi connectivity index (χ3v) is 4.13. The Balaban J connectivity index is 1.57. The van der Waals surface area contributed by atoms with Crippen LogP contribution in [0.4, 0.5) is 0 Å². The van der Waals surface area contributed by atoms with E-state index in [2.05, 4.69) is 5.32 Å². The van der Waals surface area contributed by atoms with Crippen LogP contribution in [0.1, 0.15) is 11.1 Å². The number of nitrogens with one attached hydrogen (secondary N) is 1. The molecule has 1 fully saturated rings. The van der Waals surface area contributed by atoms with Crippen LogP contribution in [0.3, 0.4) is 0 Å². The van der Waals surface area contributed by atoms with Crippen molar-refractivity contribution in [1.82, 2.24) is 5.32 Å². The molecule has 4 nitrogen and oxygen atoms in total. The van der Waals surface area contributed by atoms with Gasteiger partial charge in [0, 0.05) is 6.54 Å². The minimum atomic E-state index is -0.149. The Morgan fingerprint density at radius 3 is 2.00 bits per heavy atom. The second kappa shape index (κ2) is 8.22. The lowest BCUT2D eigenvalue weighted by Gasteiger charge is -2.23. The summed E-state index contributed by atoms with van der Waals surface area (Å²) in [5.74, 6) is 0. The average molecular weight is 313 g/mol. The van der Waals surface area contributed by atoms with Gasteiger partial charge in [-0.2, -0.15) is 0 Å². The summed E-state index contributed by atoms with van der Waals surface area (Å²) < 4.78 is 12.1. The topological polar surface area (TPSA) is 50.7 Å². The predicted octanol–water partition coefficient (Wildman–Crippen LogP) is 2.12. The molecule has 1 aliphatic rings. The molecule has 3 rings (SSSR count). The smallest absolute Gasteiger partial charge is 0.103 e. The number of hydrogen-bond donors (Lipinski definition) is 2. The van der Waals surface area contributed by atoms with Crippen molar-refractivity contribution < 1.29 is 14.6 Å². The van der Waals surface area contributed by atoms with E-state index in [1.807, 2.05) is 60.7 Å². The molecule has 2 N–H and O–H groups in total. The van der Waals surface area contributed by atoms with Gasteiger partial charge in [-0.1, -0.05) is 60.7 Å². The maximum absolute atomic E-state index is 9.54. The first kappa shape index (κ1) is 16.1. The molecular formula is C19H23NO3.